The number of aliphatic imine (C=N–C) groups is 1. The SMILES string of the molecule is CC1(C)c2cc3ccccc3cc2-c2c(/C=C/C(N=C(N)c3ccccc3)c3cccc(-c4ccc5oc6c7ccccc7ccc6c5c4)c3)cccc21. The van der Waals surface area contributed by atoms with Crippen molar-refractivity contribution >= 4 is 55.4 Å². The molecule has 0 saturated carbocycles. The molecule has 9 aromatic rings. The Labute approximate surface area is 314 Å². The van der Waals surface area contributed by atoms with E-state index >= 15 is 0 Å². The largest absolute Gasteiger partial charge is 0.455 e. The number of fused-ring (bicyclic) bond motifs is 9. The van der Waals surface area contributed by atoms with Crippen molar-refractivity contribution in [1.29, 1.82) is 0 Å². The second-order valence-corrected chi connectivity index (χ2v) is 14.9. The Kier molecular flexibility index (Phi) is 7.38. The zero-order valence-corrected chi connectivity index (χ0v) is 30.3. The molecule has 1 aliphatic rings. The van der Waals surface area contributed by atoms with Crippen LogP contribution in [0.5, 0.6) is 0 Å². The molecule has 1 aliphatic carbocycles. The maximum absolute atomic E-state index is 6.74. The number of hydrogen-bond acceptors (Lipinski definition) is 2. The molecule has 0 spiro atoms. The average Bonchev–Trinajstić information content (AvgIpc) is 3.70. The Morgan fingerprint density at radius 3 is 2.20 bits per heavy atom. The van der Waals surface area contributed by atoms with Crippen LogP contribution in [0.3, 0.4) is 0 Å². The first kappa shape index (κ1) is 32.0. The van der Waals surface area contributed by atoms with Crippen LogP contribution in [0.15, 0.2) is 179 Å². The van der Waals surface area contributed by atoms with Gasteiger partial charge < -0.3 is 10.2 Å². The Hall–Kier alpha value is -6.71. The maximum Gasteiger partial charge on any atom is 0.143 e. The van der Waals surface area contributed by atoms with E-state index in [0.29, 0.717) is 5.84 Å². The van der Waals surface area contributed by atoms with E-state index in [1.807, 2.05) is 30.3 Å². The van der Waals surface area contributed by atoms with Gasteiger partial charge >= 0.3 is 0 Å². The van der Waals surface area contributed by atoms with Crippen LogP contribution in [0.1, 0.15) is 47.7 Å². The van der Waals surface area contributed by atoms with E-state index in [1.165, 1.54) is 44.0 Å². The molecule has 0 radical (unpaired) electrons. The van der Waals surface area contributed by atoms with Crippen LogP contribution in [0.25, 0.3) is 71.8 Å². The summed E-state index contributed by atoms with van der Waals surface area (Å²) >= 11 is 0. The van der Waals surface area contributed by atoms with E-state index in [2.05, 4.69) is 159 Å². The highest BCUT2D eigenvalue weighted by Crippen LogP contribution is 2.51. The van der Waals surface area contributed by atoms with Crippen LogP contribution in [-0.4, -0.2) is 5.84 Å². The van der Waals surface area contributed by atoms with Crippen LogP contribution < -0.4 is 5.73 Å². The highest BCUT2D eigenvalue weighted by Gasteiger charge is 2.36. The van der Waals surface area contributed by atoms with E-state index in [4.69, 9.17) is 15.1 Å². The maximum atomic E-state index is 6.74. The summed E-state index contributed by atoms with van der Waals surface area (Å²) in [5.41, 5.74) is 19.1. The Morgan fingerprint density at radius 1 is 0.611 bits per heavy atom. The Morgan fingerprint density at radius 2 is 1.35 bits per heavy atom. The second kappa shape index (κ2) is 12.5. The van der Waals surface area contributed by atoms with Crippen molar-refractivity contribution < 1.29 is 4.42 Å². The molecule has 0 fully saturated rings. The summed E-state index contributed by atoms with van der Waals surface area (Å²) in [4.78, 5) is 5.18. The molecule has 54 heavy (non-hydrogen) atoms. The van der Waals surface area contributed by atoms with Crippen LogP contribution in [-0.2, 0) is 5.41 Å². The molecule has 0 aliphatic heterocycles. The number of furan rings is 1. The lowest BCUT2D eigenvalue weighted by Crippen LogP contribution is -2.15. The number of hydrogen-bond donors (Lipinski definition) is 1. The van der Waals surface area contributed by atoms with Gasteiger partial charge in [0.15, 0.2) is 0 Å². The van der Waals surface area contributed by atoms with Gasteiger partial charge in [0.1, 0.15) is 17.0 Å². The molecule has 1 unspecified atom stereocenters. The van der Waals surface area contributed by atoms with Crippen LogP contribution in [0.2, 0.25) is 0 Å². The summed E-state index contributed by atoms with van der Waals surface area (Å²) in [6.07, 6.45) is 4.45. The van der Waals surface area contributed by atoms with Crippen molar-refractivity contribution in [2.45, 2.75) is 25.3 Å². The van der Waals surface area contributed by atoms with Crippen molar-refractivity contribution in [1.82, 2.24) is 0 Å². The average molecular weight is 695 g/mol. The van der Waals surface area contributed by atoms with Crippen molar-refractivity contribution in [3.8, 4) is 22.3 Å². The van der Waals surface area contributed by atoms with E-state index < -0.39 is 0 Å². The topological polar surface area (TPSA) is 51.5 Å². The number of benzene rings is 8. The summed E-state index contributed by atoms with van der Waals surface area (Å²) in [5.74, 6) is 0.505. The minimum absolute atomic E-state index is 0.114. The normalized spacial score (nSPS) is 14.3. The lowest BCUT2D eigenvalue weighted by atomic mass is 9.81. The van der Waals surface area contributed by atoms with Gasteiger partial charge in [0.2, 0.25) is 0 Å². The van der Waals surface area contributed by atoms with E-state index in [1.54, 1.807) is 0 Å². The highest BCUT2D eigenvalue weighted by molar-refractivity contribution is 6.15. The smallest absolute Gasteiger partial charge is 0.143 e. The zero-order valence-electron chi connectivity index (χ0n) is 30.3. The predicted molar refractivity (Wildman–Crippen MR) is 227 cm³/mol. The first-order valence-corrected chi connectivity index (χ1v) is 18.6. The van der Waals surface area contributed by atoms with Gasteiger partial charge in [-0.25, -0.2) is 0 Å². The Bertz CT molecular complexity index is 2980. The number of nitrogens with two attached hydrogens (primary N) is 1. The fourth-order valence-corrected chi connectivity index (χ4v) is 8.48. The third kappa shape index (κ3) is 5.23. The molecule has 10 rings (SSSR count). The van der Waals surface area contributed by atoms with Crippen molar-refractivity contribution in [3.05, 3.63) is 198 Å². The Balaban J connectivity index is 1.08. The lowest BCUT2D eigenvalue weighted by molar-refractivity contribution is 0.661. The number of nitrogens with zero attached hydrogens (tertiary/aromatic N) is 1. The fourth-order valence-electron chi connectivity index (χ4n) is 8.48. The van der Waals surface area contributed by atoms with E-state index in [0.717, 1.165) is 49.6 Å². The van der Waals surface area contributed by atoms with Gasteiger partial charge in [0.25, 0.3) is 0 Å². The third-order valence-corrected chi connectivity index (χ3v) is 11.3. The minimum atomic E-state index is -0.323. The van der Waals surface area contributed by atoms with Gasteiger partial charge in [0, 0.05) is 27.1 Å². The molecule has 2 N–H and O–H groups in total. The molecule has 258 valence electrons. The molecular formula is C51H38N2O. The molecule has 3 nitrogen and oxygen atoms in total. The van der Waals surface area contributed by atoms with Crippen LogP contribution >= 0.6 is 0 Å². The van der Waals surface area contributed by atoms with E-state index in [-0.39, 0.29) is 11.5 Å². The highest BCUT2D eigenvalue weighted by atomic mass is 16.3. The summed E-state index contributed by atoms with van der Waals surface area (Å²) in [5, 5.41) is 7.05. The second-order valence-electron chi connectivity index (χ2n) is 14.9. The zero-order chi connectivity index (χ0) is 36.4. The molecular weight excluding hydrogens is 657 g/mol. The lowest BCUT2D eigenvalue weighted by Gasteiger charge is -2.21. The van der Waals surface area contributed by atoms with Crippen molar-refractivity contribution in [3.63, 3.8) is 0 Å². The fraction of sp³-hybridized carbons (Fsp3) is 0.0784. The van der Waals surface area contributed by atoms with Gasteiger partial charge in [-0.05, 0) is 97.1 Å². The summed E-state index contributed by atoms with van der Waals surface area (Å²) in [6, 6.07) is 57.7. The van der Waals surface area contributed by atoms with Crippen molar-refractivity contribution in [2.75, 3.05) is 0 Å². The minimum Gasteiger partial charge on any atom is -0.455 e. The molecule has 0 amide bonds. The predicted octanol–water partition coefficient (Wildman–Crippen LogP) is 13.0. The van der Waals surface area contributed by atoms with Gasteiger partial charge in [-0.2, -0.15) is 0 Å². The monoisotopic (exact) mass is 694 g/mol. The molecule has 1 aromatic heterocycles. The summed E-state index contributed by atoms with van der Waals surface area (Å²) in [7, 11) is 0. The first-order valence-electron chi connectivity index (χ1n) is 18.6. The van der Waals surface area contributed by atoms with Gasteiger partial charge in [0.05, 0.1) is 6.04 Å². The standard InChI is InChI=1S/C51H38N2O/c1-51(2)44-21-11-17-33(48(44)43-30-36-15-6-7-16-37(36)31-45(43)51)23-26-46(53-50(52)34-13-4-3-5-14-34)39-19-10-18-35(28-39)38-24-27-47-42(29-38)41-25-22-32-12-8-9-20-40(32)49(41)54-47/h3-31,46H,1-2H3,(H2,52,53)/b26-23+. The van der Waals surface area contributed by atoms with Crippen molar-refractivity contribution in [2.24, 2.45) is 10.7 Å². The van der Waals surface area contributed by atoms with Gasteiger partial charge in [-0.15, -0.1) is 0 Å². The van der Waals surface area contributed by atoms with Gasteiger partial charge in [-0.1, -0.05) is 153 Å². The van der Waals surface area contributed by atoms with Crippen LogP contribution in [0.4, 0.5) is 0 Å². The molecule has 0 bridgehead atoms. The molecule has 8 aromatic carbocycles. The first-order chi connectivity index (χ1) is 26.4. The molecule has 0 saturated heterocycles. The third-order valence-electron chi connectivity index (χ3n) is 11.3. The number of amidine groups is 1. The molecule has 1 heterocycles. The number of rotatable bonds is 6. The van der Waals surface area contributed by atoms with E-state index in [9.17, 15) is 0 Å². The summed E-state index contributed by atoms with van der Waals surface area (Å²) in [6.45, 7) is 4.68. The van der Waals surface area contributed by atoms with Crippen LogP contribution in [0, 0.1) is 0 Å². The molecule has 1 atom stereocenters. The summed E-state index contributed by atoms with van der Waals surface area (Å²) < 4.78 is 6.43. The van der Waals surface area contributed by atoms with Gasteiger partial charge in [-0.3, -0.25) is 4.99 Å². The quantitative estimate of drug-likeness (QED) is 0.139. The molecule has 3 heteroatoms.